The zero-order chi connectivity index (χ0) is 14.7. The molecule has 2 nitrogen and oxygen atoms in total. The first-order valence-corrected chi connectivity index (χ1v) is 8.47. The lowest BCUT2D eigenvalue weighted by Crippen LogP contribution is -2.22. The predicted molar refractivity (Wildman–Crippen MR) is 88.6 cm³/mol. The first kappa shape index (κ1) is 14.6. The molecule has 0 bridgehead atoms. The van der Waals surface area contributed by atoms with Crippen molar-refractivity contribution in [3.05, 3.63) is 35.6 Å². The third kappa shape index (κ3) is 3.32. The molecule has 0 radical (unpaired) electrons. The van der Waals surface area contributed by atoms with E-state index in [1.807, 2.05) is 6.07 Å². The van der Waals surface area contributed by atoms with Crippen molar-refractivity contribution in [2.75, 3.05) is 6.54 Å². The van der Waals surface area contributed by atoms with Gasteiger partial charge in [-0.2, -0.15) is 0 Å². The maximum Gasteiger partial charge on any atom is 0.134 e. The molecule has 114 valence electrons. The molecule has 1 aromatic heterocycles. The molecule has 1 aliphatic rings. The highest BCUT2D eigenvalue weighted by molar-refractivity contribution is 5.82. The molecule has 1 heterocycles. The Labute approximate surface area is 127 Å². The van der Waals surface area contributed by atoms with Gasteiger partial charge in [0, 0.05) is 5.39 Å². The number of nitrogens with one attached hydrogen (secondary N) is 1. The summed E-state index contributed by atoms with van der Waals surface area (Å²) in [5.74, 6) is 2.04. The van der Waals surface area contributed by atoms with Crippen molar-refractivity contribution >= 4 is 11.0 Å². The second-order valence-electron chi connectivity index (χ2n) is 6.56. The number of benzene rings is 1. The normalized spacial score (nSPS) is 18.2. The Morgan fingerprint density at radius 2 is 1.95 bits per heavy atom. The van der Waals surface area contributed by atoms with Gasteiger partial charge in [0.2, 0.25) is 0 Å². The van der Waals surface area contributed by atoms with Crippen molar-refractivity contribution in [2.24, 2.45) is 5.92 Å². The fourth-order valence-corrected chi connectivity index (χ4v) is 3.68. The first-order valence-electron chi connectivity index (χ1n) is 8.47. The van der Waals surface area contributed by atoms with Crippen molar-refractivity contribution in [3.8, 4) is 0 Å². The maximum absolute atomic E-state index is 6.04. The van der Waals surface area contributed by atoms with Gasteiger partial charge in [-0.25, -0.2) is 0 Å². The largest absolute Gasteiger partial charge is 0.459 e. The Morgan fingerprint density at radius 1 is 1.19 bits per heavy atom. The van der Waals surface area contributed by atoms with Gasteiger partial charge < -0.3 is 9.73 Å². The lowest BCUT2D eigenvalue weighted by molar-refractivity contribution is 0.325. The van der Waals surface area contributed by atoms with Gasteiger partial charge in [0.25, 0.3) is 0 Å². The van der Waals surface area contributed by atoms with Crippen LogP contribution < -0.4 is 5.32 Å². The van der Waals surface area contributed by atoms with Gasteiger partial charge in [0.1, 0.15) is 11.3 Å². The average Bonchev–Trinajstić information content (AvgIpc) is 2.86. The van der Waals surface area contributed by atoms with Crippen LogP contribution in [0.25, 0.3) is 11.0 Å². The monoisotopic (exact) mass is 285 g/mol. The van der Waals surface area contributed by atoms with Gasteiger partial charge >= 0.3 is 0 Å². The lowest BCUT2D eigenvalue weighted by atomic mass is 9.87. The van der Waals surface area contributed by atoms with E-state index in [2.05, 4.69) is 37.4 Å². The van der Waals surface area contributed by atoms with E-state index in [4.69, 9.17) is 4.42 Å². The number of fused-ring (bicyclic) bond motifs is 1. The van der Waals surface area contributed by atoms with E-state index in [0.717, 1.165) is 23.8 Å². The number of aryl methyl sites for hydroxylation is 1. The Hall–Kier alpha value is -1.28. The highest BCUT2D eigenvalue weighted by Gasteiger charge is 2.17. The van der Waals surface area contributed by atoms with Crippen LogP contribution in [0.2, 0.25) is 0 Å². The quantitative estimate of drug-likeness (QED) is 0.799. The molecule has 0 saturated heterocycles. The summed E-state index contributed by atoms with van der Waals surface area (Å²) in [5.41, 5.74) is 2.29. The van der Waals surface area contributed by atoms with Crippen LogP contribution in [-0.4, -0.2) is 6.54 Å². The maximum atomic E-state index is 6.04. The summed E-state index contributed by atoms with van der Waals surface area (Å²) in [4.78, 5) is 0. The van der Waals surface area contributed by atoms with Gasteiger partial charge in [0.05, 0.1) is 6.04 Å². The standard InChI is InChI=1S/C19H27NO/c1-14-17-10-6-7-11-18(17)21-19(14)15(2)20-13-12-16-8-4-3-5-9-16/h6-7,10-11,15-16,20H,3-5,8-9,12-13H2,1-2H3. The molecule has 1 saturated carbocycles. The molecule has 21 heavy (non-hydrogen) atoms. The van der Waals surface area contributed by atoms with Crippen molar-refractivity contribution in [3.63, 3.8) is 0 Å². The minimum absolute atomic E-state index is 0.293. The molecular formula is C19H27NO. The highest BCUT2D eigenvalue weighted by atomic mass is 16.3. The zero-order valence-electron chi connectivity index (χ0n) is 13.3. The Kier molecular flexibility index (Phi) is 4.64. The van der Waals surface area contributed by atoms with E-state index in [9.17, 15) is 0 Å². The third-order valence-corrected chi connectivity index (χ3v) is 5.00. The number of rotatable bonds is 5. The Balaban J connectivity index is 1.58. The van der Waals surface area contributed by atoms with Crippen LogP contribution in [0.5, 0.6) is 0 Å². The molecule has 1 unspecified atom stereocenters. The summed E-state index contributed by atoms with van der Waals surface area (Å²) < 4.78 is 6.04. The summed E-state index contributed by atoms with van der Waals surface area (Å²) in [6.45, 7) is 5.48. The van der Waals surface area contributed by atoms with Crippen molar-refractivity contribution in [1.82, 2.24) is 5.32 Å². The summed E-state index contributed by atoms with van der Waals surface area (Å²) in [6, 6.07) is 8.61. The minimum Gasteiger partial charge on any atom is -0.459 e. The second-order valence-corrected chi connectivity index (χ2v) is 6.56. The van der Waals surface area contributed by atoms with E-state index < -0.39 is 0 Å². The summed E-state index contributed by atoms with van der Waals surface area (Å²) in [5, 5.41) is 4.90. The van der Waals surface area contributed by atoms with Crippen molar-refractivity contribution < 1.29 is 4.42 Å². The molecule has 2 aromatic rings. The van der Waals surface area contributed by atoms with E-state index in [0.29, 0.717) is 6.04 Å². The van der Waals surface area contributed by atoms with Gasteiger partial charge in [0.15, 0.2) is 0 Å². The second kappa shape index (κ2) is 6.65. The van der Waals surface area contributed by atoms with E-state index >= 15 is 0 Å². The Bertz CT molecular complexity index is 580. The van der Waals surface area contributed by atoms with Crippen molar-refractivity contribution in [1.29, 1.82) is 0 Å². The zero-order valence-corrected chi connectivity index (χ0v) is 13.3. The van der Waals surface area contributed by atoms with Crippen LogP contribution in [0.4, 0.5) is 0 Å². The van der Waals surface area contributed by atoms with Crippen LogP contribution in [0.3, 0.4) is 0 Å². The van der Waals surface area contributed by atoms with Crippen molar-refractivity contribution in [2.45, 2.75) is 58.4 Å². The molecule has 2 heteroatoms. The van der Waals surface area contributed by atoms with Crippen LogP contribution in [0.1, 0.15) is 62.8 Å². The average molecular weight is 285 g/mol. The van der Waals surface area contributed by atoms with E-state index in [1.165, 1.54) is 49.5 Å². The minimum atomic E-state index is 0.293. The predicted octanol–water partition coefficient (Wildman–Crippen LogP) is 5.36. The summed E-state index contributed by atoms with van der Waals surface area (Å²) >= 11 is 0. The number of hydrogen-bond donors (Lipinski definition) is 1. The van der Waals surface area contributed by atoms with E-state index in [-0.39, 0.29) is 0 Å². The van der Waals surface area contributed by atoms with Crippen LogP contribution in [-0.2, 0) is 0 Å². The lowest BCUT2D eigenvalue weighted by Gasteiger charge is -2.22. The molecule has 1 atom stereocenters. The fraction of sp³-hybridized carbons (Fsp3) is 0.579. The number of furan rings is 1. The van der Waals surface area contributed by atoms with Crippen LogP contribution >= 0.6 is 0 Å². The molecule has 0 amide bonds. The molecular weight excluding hydrogens is 258 g/mol. The molecule has 0 aliphatic heterocycles. The molecule has 3 rings (SSSR count). The summed E-state index contributed by atoms with van der Waals surface area (Å²) in [6.07, 6.45) is 8.48. The van der Waals surface area contributed by atoms with Crippen LogP contribution in [0, 0.1) is 12.8 Å². The van der Waals surface area contributed by atoms with Gasteiger partial charge in [-0.15, -0.1) is 0 Å². The van der Waals surface area contributed by atoms with Crippen LogP contribution in [0.15, 0.2) is 28.7 Å². The van der Waals surface area contributed by atoms with Gasteiger partial charge in [-0.3, -0.25) is 0 Å². The molecule has 0 spiro atoms. The molecule has 1 fully saturated rings. The highest BCUT2D eigenvalue weighted by Crippen LogP contribution is 2.30. The third-order valence-electron chi connectivity index (χ3n) is 5.00. The topological polar surface area (TPSA) is 25.2 Å². The Morgan fingerprint density at radius 3 is 2.71 bits per heavy atom. The smallest absolute Gasteiger partial charge is 0.134 e. The molecule has 1 N–H and O–H groups in total. The van der Waals surface area contributed by atoms with Gasteiger partial charge in [-0.05, 0) is 44.4 Å². The summed E-state index contributed by atoms with van der Waals surface area (Å²) in [7, 11) is 0. The van der Waals surface area contributed by atoms with Gasteiger partial charge in [-0.1, -0.05) is 50.3 Å². The molecule has 1 aromatic carbocycles. The molecule has 1 aliphatic carbocycles. The number of para-hydroxylation sites is 1. The SMILES string of the molecule is Cc1c(C(C)NCCC2CCCCC2)oc2ccccc12. The number of hydrogen-bond acceptors (Lipinski definition) is 2. The first-order chi connectivity index (χ1) is 10.3. The fourth-order valence-electron chi connectivity index (χ4n) is 3.68. The van der Waals surface area contributed by atoms with E-state index in [1.54, 1.807) is 0 Å².